The highest BCUT2D eigenvalue weighted by molar-refractivity contribution is 7.89. The number of sulfonamides is 1. The lowest BCUT2D eigenvalue weighted by Crippen LogP contribution is -2.31. The highest BCUT2D eigenvalue weighted by Gasteiger charge is 2.25. The Morgan fingerprint density at radius 3 is 2.63 bits per heavy atom. The molecule has 0 unspecified atom stereocenters. The summed E-state index contributed by atoms with van der Waals surface area (Å²) in [5.41, 5.74) is -0.643. The molecule has 0 amide bonds. The van der Waals surface area contributed by atoms with E-state index in [1.165, 1.54) is 6.08 Å². The van der Waals surface area contributed by atoms with Crippen molar-refractivity contribution < 1.29 is 18.4 Å². The predicted molar refractivity (Wildman–Crippen MR) is 69.4 cm³/mol. The van der Waals surface area contributed by atoms with Gasteiger partial charge in [-0.05, 0) is 12.1 Å². The molecule has 0 saturated carbocycles. The highest BCUT2D eigenvalue weighted by atomic mass is 32.2. The molecule has 0 heterocycles. The summed E-state index contributed by atoms with van der Waals surface area (Å²) in [4.78, 5) is 9.62. The van der Waals surface area contributed by atoms with Crippen LogP contribution in [0.2, 0.25) is 0 Å². The zero-order valence-corrected chi connectivity index (χ0v) is 11.1. The Balaban J connectivity index is 3.32. The maximum Gasteiger partial charge on any atom is 0.312 e. The number of hydrogen-bond acceptors (Lipinski definition) is 5. The Hall–Kier alpha value is -1.93. The molecule has 19 heavy (non-hydrogen) atoms. The van der Waals surface area contributed by atoms with Gasteiger partial charge in [-0.3, -0.25) is 10.1 Å². The molecule has 0 bridgehead atoms. The van der Waals surface area contributed by atoms with Gasteiger partial charge in [-0.25, -0.2) is 8.42 Å². The minimum absolute atomic E-state index is 0.105. The average molecular weight is 286 g/mol. The molecule has 0 saturated heterocycles. The van der Waals surface area contributed by atoms with E-state index >= 15 is 0 Å². The summed E-state index contributed by atoms with van der Waals surface area (Å²) in [7, 11) is -3.84. The second kappa shape index (κ2) is 5.81. The van der Waals surface area contributed by atoms with Crippen molar-refractivity contribution >= 4 is 15.7 Å². The molecular formula is C11H14N2O5S. The third-order valence-corrected chi connectivity index (χ3v) is 4.40. The maximum absolute atomic E-state index is 12.2. The van der Waals surface area contributed by atoms with Gasteiger partial charge in [-0.2, -0.15) is 4.31 Å². The van der Waals surface area contributed by atoms with Crippen molar-refractivity contribution in [2.45, 2.75) is 11.8 Å². The number of rotatable bonds is 6. The molecule has 0 spiro atoms. The summed E-state index contributed by atoms with van der Waals surface area (Å²) in [5, 5.41) is 20.0. The summed E-state index contributed by atoms with van der Waals surface area (Å²) >= 11 is 0. The number of phenolic OH excluding ortho intramolecular Hbond substituents is 1. The Bertz CT molecular complexity index is 597. The van der Waals surface area contributed by atoms with E-state index in [2.05, 4.69) is 6.58 Å². The monoisotopic (exact) mass is 286 g/mol. The van der Waals surface area contributed by atoms with Crippen molar-refractivity contribution in [3.8, 4) is 5.75 Å². The van der Waals surface area contributed by atoms with Gasteiger partial charge in [0.25, 0.3) is 0 Å². The first kappa shape index (κ1) is 15.1. The number of likely N-dealkylation sites (N-methyl/N-ethyl adjacent to an activating group) is 1. The first-order valence-corrected chi connectivity index (χ1v) is 6.87. The van der Waals surface area contributed by atoms with E-state index in [0.717, 1.165) is 22.5 Å². The fourth-order valence-corrected chi connectivity index (χ4v) is 2.94. The van der Waals surface area contributed by atoms with E-state index in [9.17, 15) is 23.6 Å². The minimum Gasteiger partial charge on any atom is -0.502 e. The molecule has 1 aromatic rings. The Kier molecular flexibility index (Phi) is 4.62. The second-order valence-corrected chi connectivity index (χ2v) is 5.59. The van der Waals surface area contributed by atoms with Crippen LogP contribution >= 0.6 is 0 Å². The van der Waals surface area contributed by atoms with Gasteiger partial charge >= 0.3 is 5.69 Å². The van der Waals surface area contributed by atoms with Gasteiger partial charge in [0.1, 0.15) is 0 Å². The van der Waals surface area contributed by atoms with Crippen molar-refractivity contribution in [1.29, 1.82) is 0 Å². The van der Waals surface area contributed by atoms with Crippen LogP contribution in [-0.2, 0) is 10.0 Å². The van der Waals surface area contributed by atoms with E-state index in [4.69, 9.17) is 0 Å². The lowest BCUT2D eigenvalue weighted by Gasteiger charge is -2.18. The largest absolute Gasteiger partial charge is 0.502 e. The Morgan fingerprint density at radius 2 is 2.16 bits per heavy atom. The van der Waals surface area contributed by atoms with Crippen LogP contribution < -0.4 is 0 Å². The lowest BCUT2D eigenvalue weighted by atomic mass is 10.3. The molecule has 104 valence electrons. The van der Waals surface area contributed by atoms with Gasteiger partial charge in [0.15, 0.2) is 5.75 Å². The minimum atomic E-state index is -3.84. The normalized spacial score (nSPS) is 11.5. The number of phenols is 1. The number of nitro benzene ring substituents is 1. The van der Waals surface area contributed by atoms with Gasteiger partial charge in [0, 0.05) is 19.2 Å². The molecule has 8 heteroatoms. The van der Waals surface area contributed by atoms with Gasteiger partial charge in [0.2, 0.25) is 10.0 Å². The summed E-state index contributed by atoms with van der Waals surface area (Å²) in [5.74, 6) is -0.573. The average Bonchev–Trinajstić information content (AvgIpc) is 2.35. The molecule has 1 rings (SSSR count). The van der Waals surface area contributed by atoms with Crippen LogP contribution in [0.4, 0.5) is 5.69 Å². The zero-order valence-electron chi connectivity index (χ0n) is 10.3. The Morgan fingerprint density at radius 1 is 1.53 bits per heavy atom. The van der Waals surface area contributed by atoms with Gasteiger partial charge in [-0.1, -0.05) is 13.0 Å². The van der Waals surface area contributed by atoms with Gasteiger partial charge < -0.3 is 5.11 Å². The number of aromatic hydroxyl groups is 1. The molecule has 0 fully saturated rings. The lowest BCUT2D eigenvalue weighted by molar-refractivity contribution is -0.386. The van der Waals surface area contributed by atoms with Crippen molar-refractivity contribution in [3.63, 3.8) is 0 Å². The molecule has 0 aliphatic heterocycles. The molecule has 0 aromatic heterocycles. The first-order chi connectivity index (χ1) is 8.84. The highest BCUT2D eigenvalue weighted by Crippen LogP contribution is 2.29. The van der Waals surface area contributed by atoms with Crippen molar-refractivity contribution in [2.24, 2.45) is 0 Å². The molecular weight excluding hydrogens is 272 g/mol. The van der Waals surface area contributed by atoms with Crippen LogP contribution in [-0.4, -0.2) is 35.8 Å². The number of nitro groups is 1. The van der Waals surface area contributed by atoms with Gasteiger partial charge in [0.05, 0.1) is 9.82 Å². The molecule has 0 radical (unpaired) electrons. The number of hydrogen-bond donors (Lipinski definition) is 1. The standard InChI is InChI=1S/C11H14N2O5S/c1-3-7-12(4-2)19(17,18)9-5-6-11(14)10(8-9)13(15)16/h3,5-6,8,14H,1,4,7H2,2H3. The predicted octanol–water partition coefficient (Wildman–Crippen LogP) is 1.50. The van der Waals surface area contributed by atoms with Crippen molar-refractivity contribution in [1.82, 2.24) is 4.31 Å². The van der Waals surface area contributed by atoms with Crippen LogP contribution in [0.1, 0.15) is 6.92 Å². The molecule has 0 aliphatic rings. The molecule has 1 aromatic carbocycles. The number of benzene rings is 1. The smallest absolute Gasteiger partial charge is 0.312 e. The third-order valence-electron chi connectivity index (χ3n) is 2.47. The van der Waals surface area contributed by atoms with Gasteiger partial charge in [-0.15, -0.1) is 6.58 Å². The van der Waals surface area contributed by atoms with E-state index in [1.807, 2.05) is 0 Å². The van der Waals surface area contributed by atoms with Crippen LogP contribution in [0.25, 0.3) is 0 Å². The molecule has 7 nitrogen and oxygen atoms in total. The SMILES string of the molecule is C=CCN(CC)S(=O)(=O)c1ccc(O)c([N+](=O)[O-])c1. The topological polar surface area (TPSA) is 101 Å². The van der Waals surface area contributed by atoms with E-state index in [1.54, 1.807) is 6.92 Å². The quantitative estimate of drug-likeness (QED) is 0.485. The molecule has 1 N–H and O–H groups in total. The van der Waals surface area contributed by atoms with Crippen LogP contribution in [0, 0.1) is 10.1 Å². The van der Waals surface area contributed by atoms with Crippen molar-refractivity contribution in [3.05, 3.63) is 41.0 Å². The Labute approximate surface area is 111 Å². The van der Waals surface area contributed by atoms with Crippen molar-refractivity contribution in [2.75, 3.05) is 13.1 Å². The molecule has 0 atom stereocenters. The fraction of sp³-hybridized carbons (Fsp3) is 0.273. The first-order valence-electron chi connectivity index (χ1n) is 5.43. The summed E-state index contributed by atoms with van der Waals surface area (Å²) < 4.78 is 25.5. The zero-order chi connectivity index (χ0) is 14.6. The van der Waals surface area contributed by atoms with Crippen LogP contribution in [0.5, 0.6) is 5.75 Å². The van der Waals surface area contributed by atoms with E-state index in [-0.39, 0.29) is 18.0 Å². The van der Waals surface area contributed by atoms with Crippen LogP contribution in [0.15, 0.2) is 35.7 Å². The molecule has 0 aliphatic carbocycles. The fourth-order valence-electron chi connectivity index (χ4n) is 1.50. The third kappa shape index (κ3) is 3.09. The maximum atomic E-state index is 12.2. The summed E-state index contributed by atoms with van der Waals surface area (Å²) in [6, 6.07) is 2.96. The van der Waals surface area contributed by atoms with E-state index in [0.29, 0.717) is 0 Å². The van der Waals surface area contributed by atoms with E-state index < -0.39 is 26.4 Å². The second-order valence-electron chi connectivity index (χ2n) is 3.65. The summed E-state index contributed by atoms with van der Waals surface area (Å²) in [6.45, 7) is 5.43. The summed E-state index contributed by atoms with van der Waals surface area (Å²) in [6.07, 6.45) is 1.43. The van der Waals surface area contributed by atoms with Crippen LogP contribution in [0.3, 0.4) is 0 Å². The number of nitrogens with zero attached hydrogens (tertiary/aromatic N) is 2.